The highest BCUT2D eigenvalue weighted by Gasteiger charge is 2.24. The van der Waals surface area contributed by atoms with Gasteiger partial charge >= 0.3 is 0 Å². The van der Waals surface area contributed by atoms with Crippen LogP contribution in [-0.2, 0) is 17.2 Å². The van der Waals surface area contributed by atoms with Crippen LogP contribution in [0.4, 0.5) is 0 Å². The first-order valence-corrected chi connectivity index (χ1v) is 7.04. The van der Waals surface area contributed by atoms with Crippen molar-refractivity contribution >= 4 is 16.6 Å². The normalized spacial score (nSPS) is 15.4. The van der Waals surface area contributed by atoms with Gasteiger partial charge < -0.3 is 0 Å². The molecule has 0 spiro atoms. The average molecular weight is 256 g/mol. The summed E-state index contributed by atoms with van der Waals surface area (Å²) in [5.41, 5.74) is 1.71. The van der Waals surface area contributed by atoms with Gasteiger partial charge in [0.1, 0.15) is 0 Å². The lowest BCUT2D eigenvalue weighted by molar-refractivity contribution is 0.0994. The molecule has 18 heavy (non-hydrogen) atoms. The summed E-state index contributed by atoms with van der Waals surface area (Å²) in [6.45, 7) is 0. The first-order valence-electron chi connectivity index (χ1n) is 5.89. The Hall–Kier alpha value is -1.74. The fourth-order valence-electron chi connectivity index (χ4n) is 2.30. The smallest absolute Gasteiger partial charge is 0.163 e. The molecule has 0 radical (unpaired) electrons. The van der Waals surface area contributed by atoms with Crippen molar-refractivity contribution in [1.29, 1.82) is 0 Å². The number of benzene rings is 2. The fraction of sp³-hybridized carbons (Fsp3) is 0.133. The molecular weight excluding hydrogens is 244 g/mol. The summed E-state index contributed by atoms with van der Waals surface area (Å²) >= 11 is 0. The molecule has 2 aromatic rings. The number of rotatable bonds is 2. The van der Waals surface area contributed by atoms with Crippen molar-refractivity contribution in [1.82, 2.24) is 0 Å². The monoisotopic (exact) mass is 256 g/mol. The highest BCUT2D eigenvalue weighted by atomic mass is 32.2. The highest BCUT2D eigenvalue weighted by Crippen LogP contribution is 2.29. The second-order valence-electron chi connectivity index (χ2n) is 4.29. The highest BCUT2D eigenvalue weighted by molar-refractivity contribution is 7.85. The van der Waals surface area contributed by atoms with E-state index in [1.165, 1.54) is 0 Å². The molecule has 1 aliphatic carbocycles. The Morgan fingerprint density at radius 2 is 1.67 bits per heavy atom. The standard InChI is InChI=1S/C15H12O2S/c16-14-10-9-13-12(14)7-4-8-15(13)18(17)11-5-2-1-3-6-11/h1-8H,9-10H2. The minimum atomic E-state index is -1.20. The van der Waals surface area contributed by atoms with Gasteiger partial charge in [0.2, 0.25) is 0 Å². The number of hydrogen-bond acceptors (Lipinski definition) is 2. The molecule has 0 saturated heterocycles. The zero-order chi connectivity index (χ0) is 12.5. The number of carbonyl (C=O) groups is 1. The van der Waals surface area contributed by atoms with Crippen molar-refractivity contribution in [2.24, 2.45) is 0 Å². The summed E-state index contributed by atoms with van der Waals surface area (Å²) in [5.74, 6) is 0.164. The minimum absolute atomic E-state index is 0.164. The summed E-state index contributed by atoms with van der Waals surface area (Å²) in [4.78, 5) is 13.2. The molecule has 1 aliphatic rings. The lowest BCUT2D eigenvalue weighted by atomic mass is 10.1. The Kier molecular flexibility index (Phi) is 2.84. The summed E-state index contributed by atoms with van der Waals surface area (Å²) < 4.78 is 12.5. The Morgan fingerprint density at radius 1 is 0.889 bits per heavy atom. The van der Waals surface area contributed by atoms with E-state index < -0.39 is 10.8 Å². The van der Waals surface area contributed by atoms with Crippen molar-refractivity contribution in [3.05, 3.63) is 59.7 Å². The molecule has 2 aromatic carbocycles. The zero-order valence-corrected chi connectivity index (χ0v) is 10.6. The molecule has 1 atom stereocenters. The van der Waals surface area contributed by atoms with Crippen LogP contribution in [0.3, 0.4) is 0 Å². The van der Waals surface area contributed by atoms with Gasteiger partial charge in [-0.1, -0.05) is 30.3 Å². The molecule has 0 heterocycles. The molecule has 0 fully saturated rings. The average Bonchev–Trinajstić information content (AvgIpc) is 2.81. The fourth-order valence-corrected chi connectivity index (χ4v) is 3.60. The van der Waals surface area contributed by atoms with Gasteiger partial charge in [-0.3, -0.25) is 4.79 Å². The SMILES string of the molecule is O=C1CCc2c1cccc2S(=O)c1ccccc1. The van der Waals surface area contributed by atoms with E-state index in [4.69, 9.17) is 0 Å². The van der Waals surface area contributed by atoms with Gasteiger partial charge in [0, 0.05) is 21.8 Å². The van der Waals surface area contributed by atoms with Crippen LogP contribution in [0.1, 0.15) is 22.3 Å². The van der Waals surface area contributed by atoms with Crippen molar-refractivity contribution in [3.63, 3.8) is 0 Å². The van der Waals surface area contributed by atoms with Crippen LogP contribution in [0.5, 0.6) is 0 Å². The van der Waals surface area contributed by atoms with E-state index in [9.17, 15) is 9.00 Å². The van der Waals surface area contributed by atoms with Gasteiger partial charge in [-0.25, -0.2) is 4.21 Å². The van der Waals surface area contributed by atoms with Gasteiger partial charge in [-0.2, -0.15) is 0 Å². The molecule has 0 amide bonds. The van der Waals surface area contributed by atoms with Crippen molar-refractivity contribution in [3.8, 4) is 0 Å². The number of carbonyl (C=O) groups excluding carboxylic acids is 1. The third kappa shape index (κ3) is 1.81. The maximum absolute atomic E-state index is 12.5. The third-order valence-corrected chi connectivity index (χ3v) is 4.67. The Bertz CT molecular complexity index is 632. The lowest BCUT2D eigenvalue weighted by Gasteiger charge is -2.07. The Labute approximate surface area is 108 Å². The second-order valence-corrected chi connectivity index (χ2v) is 5.74. The number of fused-ring (bicyclic) bond motifs is 1. The molecule has 0 bridgehead atoms. The predicted molar refractivity (Wildman–Crippen MR) is 70.2 cm³/mol. The molecule has 0 saturated carbocycles. The molecule has 0 aromatic heterocycles. The van der Waals surface area contributed by atoms with Crippen molar-refractivity contribution < 1.29 is 9.00 Å². The van der Waals surface area contributed by atoms with Crippen LogP contribution < -0.4 is 0 Å². The van der Waals surface area contributed by atoms with Gasteiger partial charge in [0.25, 0.3) is 0 Å². The van der Waals surface area contributed by atoms with Gasteiger partial charge in [0.15, 0.2) is 5.78 Å². The second kappa shape index (κ2) is 4.50. The van der Waals surface area contributed by atoms with Crippen LogP contribution in [0.25, 0.3) is 0 Å². The molecule has 2 nitrogen and oxygen atoms in total. The van der Waals surface area contributed by atoms with Crippen LogP contribution in [-0.4, -0.2) is 9.99 Å². The largest absolute Gasteiger partial charge is 0.294 e. The maximum atomic E-state index is 12.5. The van der Waals surface area contributed by atoms with Crippen LogP contribution >= 0.6 is 0 Å². The van der Waals surface area contributed by atoms with Crippen molar-refractivity contribution in [2.45, 2.75) is 22.6 Å². The van der Waals surface area contributed by atoms with E-state index in [0.717, 1.165) is 20.9 Å². The number of ketones is 1. The first-order chi connectivity index (χ1) is 8.77. The van der Waals surface area contributed by atoms with Crippen LogP contribution in [0, 0.1) is 0 Å². The lowest BCUT2D eigenvalue weighted by Crippen LogP contribution is -1.99. The zero-order valence-electron chi connectivity index (χ0n) is 9.76. The van der Waals surface area contributed by atoms with E-state index in [-0.39, 0.29) is 5.78 Å². The van der Waals surface area contributed by atoms with E-state index in [0.29, 0.717) is 12.8 Å². The van der Waals surface area contributed by atoms with E-state index in [1.54, 1.807) is 0 Å². The minimum Gasteiger partial charge on any atom is -0.294 e. The van der Waals surface area contributed by atoms with E-state index in [1.807, 2.05) is 48.5 Å². The molecule has 3 heteroatoms. The van der Waals surface area contributed by atoms with Crippen LogP contribution in [0.15, 0.2) is 58.3 Å². The van der Waals surface area contributed by atoms with Crippen molar-refractivity contribution in [2.75, 3.05) is 0 Å². The maximum Gasteiger partial charge on any atom is 0.163 e. The van der Waals surface area contributed by atoms with Gasteiger partial charge in [-0.05, 0) is 30.2 Å². The number of hydrogen-bond donors (Lipinski definition) is 0. The Morgan fingerprint density at radius 3 is 2.44 bits per heavy atom. The summed E-state index contributed by atoms with van der Waals surface area (Å²) in [7, 11) is -1.20. The quantitative estimate of drug-likeness (QED) is 0.827. The molecule has 3 rings (SSSR count). The molecule has 1 unspecified atom stereocenters. The third-order valence-electron chi connectivity index (χ3n) is 3.19. The van der Waals surface area contributed by atoms with E-state index >= 15 is 0 Å². The molecular formula is C15H12O2S. The summed E-state index contributed by atoms with van der Waals surface area (Å²) in [6, 6.07) is 14.9. The number of Topliss-reactive ketones (excluding diaryl/α,β-unsaturated/α-hetero) is 1. The summed E-state index contributed by atoms with van der Waals surface area (Å²) in [5, 5.41) is 0. The van der Waals surface area contributed by atoms with Gasteiger partial charge in [0.05, 0.1) is 10.8 Å². The van der Waals surface area contributed by atoms with Crippen LogP contribution in [0.2, 0.25) is 0 Å². The van der Waals surface area contributed by atoms with Gasteiger partial charge in [-0.15, -0.1) is 0 Å². The molecule has 90 valence electrons. The summed E-state index contributed by atoms with van der Waals surface area (Å²) in [6.07, 6.45) is 1.25. The Balaban J connectivity index is 2.09. The van der Waals surface area contributed by atoms with E-state index in [2.05, 4.69) is 0 Å². The first kappa shape index (κ1) is 11.4. The molecule has 0 N–H and O–H groups in total. The molecule has 0 aliphatic heterocycles. The predicted octanol–water partition coefficient (Wildman–Crippen LogP) is 2.98. The topological polar surface area (TPSA) is 34.1 Å².